The number of hydrogen-bond acceptors (Lipinski definition) is 3. The number of benzene rings is 1. The highest BCUT2D eigenvalue weighted by molar-refractivity contribution is 9.10. The van der Waals surface area contributed by atoms with Crippen LogP contribution in [0.5, 0.6) is 0 Å². The summed E-state index contributed by atoms with van der Waals surface area (Å²) < 4.78 is 13.6. The topological polar surface area (TPSA) is 38.9 Å². The molecule has 0 spiro atoms. The Kier molecular flexibility index (Phi) is 3.91. The molecule has 2 nitrogen and oxygen atoms in total. The number of nitrogens with two attached hydrogens (primary N) is 1. The van der Waals surface area contributed by atoms with Crippen molar-refractivity contribution in [3.05, 3.63) is 50.1 Å². The van der Waals surface area contributed by atoms with Gasteiger partial charge in [-0.1, -0.05) is 6.07 Å². The van der Waals surface area contributed by atoms with Gasteiger partial charge in [-0.3, -0.25) is 0 Å². The molecule has 0 bridgehead atoms. The van der Waals surface area contributed by atoms with Crippen LogP contribution in [0.4, 0.5) is 4.39 Å². The van der Waals surface area contributed by atoms with E-state index in [1.165, 1.54) is 6.07 Å². The van der Waals surface area contributed by atoms with Crippen LogP contribution in [0, 0.1) is 12.7 Å². The molecule has 0 aliphatic rings. The maximum atomic E-state index is 13.1. The average molecular weight is 315 g/mol. The maximum absolute atomic E-state index is 13.1. The minimum Gasteiger partial charge on any atom is -0.323 e. The summed E-state index contributed by atoms with van der Waals surface area (Å²) in [6.07, 6.45) is 2.49. The highest BCUT2D eigenvalue weighted by Crippen LogP contribution is 2.24. The predicted molar refractivity (Wildman–Crippen MR) is 71.6 cm³/mol. The molecule has 17 heavy (non-hydrogen) atoms. The molecule has 1 aromatic carbocycles. The molecule has 0 radical (unpaired) electrons. The summed E-state index contributed by atoms with van der Waals surface area (Å²) in [5.41, 5.74) is 7.10. The number of thiazole rings is 1. The Bertz CT molecular complexity index is 527. The summed E-state index contributed by atoms with van der Waals surface area (Å²) in [7, 11) is 0. The molecule has 5 heteroatoms. The van der Waals surface area contributed by atoms with E-state index in [2.05, 4.69) is 20.9 Å². The molecule has 1 atom stereocenters. The zero-order chi connectivity index (χ0) is 12.4. The lowest BCUT2D eigenvalue weighted by Gasteiger charge is -2.09. The molecule has 1 unspecified atom stereocenters. The zero-order valence-electron chi connectivity index (χ0n) is 9.28. The van der Waals surface area contributed by atoms with Crippen LogP contribution in [-0.2, 0) is 6.42 Å². The highest BCUT2D eigenvalue weighted by Gasteiger charge is 2.11. The van der Waals surface area contributed by atoms with E-state index in [0.717, 1.165) is 15.4 Å². The molecule has 0 saturated heterocycles. The molecule has 0 aliphatic carbocycles. The van der Waals surface area contributed by atoms with Crippen molar-refractivity contribution in [3.63, 3.8) is 0 Å². The molecule has 0 saturated carbocycles. The summed E-state index contributed by atoms with van der Waals surface area (Å²) in [6, 6.07) is 4.89. The van der Waals surface area contributed by atoms with Gasteiger partial charge in [-0.25, -0.2) is 9.37 Å². The smallest absolute Gasteiger partial charge is 0.137 e. The van der Waals surface area contributed by atoms with Gasteiger partial charge in [0.25, 0.3) is 0 Å². The first-order valence-corrected chi connectivity index (χ1v) is 6.79. The van der Waals surface area contributed by atoms with Crippen LogP contribution in [0.25, 0.3) is 0 Å². The summed E-state index contributed by atoms with van der Waals surface area (Å²) in [4.78, 5) is 5.24. The first-order valence-electron chi connectivity index (χ1n) is 5.18. The Morgan fingerprint density at radius 1 is 1.53 bits per heavy atom. The normalized spacial score (nSPS) is 12.7. The summed E-state index contributed by atoms with van der Waals surface area (Å²) in [5, 5.41) is 1.01. The molecule has 2 aromatic rings. The Morgan fingerprint density at radius 2 is 2.29 bits per heavy atom. The molecule has 90 valence electrons. The summed E-state index contributed by atoms with van der Waals surface area (Å²) in [5.74, 6) is -0.254. The third-order valence-corrected chi connectivity index (χ3v) is 4.10. The third kappa shape index (κ3) is 3.12. The Morgan fingerprint density at radius 3 is 2.88 bits per heavy atom. The molecule has 0 fully saturated rings. The molecule has 1 heterocycles. The fraction of sp³-hybridized carbons (Fsp3) is 0.250. The first kappa shape index (κ1) is 12.7. The van der Waals surface area contributed by atoms with Gasteiger partial charge in [0.1, 0.15) is 5.82 Å². The van der Waals surface area contributed by atoms with Crippen LogP contribution < -0.4 is 5.73 Å². The maximum Gasteiger partial charge on any atom is 0.137 e. The summed E-state index contributed by atoms with van der Waals surface area (Å²) in [6.45, 7) is 1.95. The Labute approximate surface area is 112 Å². The van der Waals surface area contributed by atoms with Crippen molar-refractivity contribution in [2.24, 2.45) is 5.73 Å². The molecule has 0 aliphatic heterocycles. The lowest BCUT2D eigenvalue weighted by Crippen LogP contribution is -2.11. The van der Waals surface area contributed by atoms with Crippen molar-refractivity contribution >= 4 is 27.3 Å². The van der Waals surface area contributed by atoms with Gasteiger partial charge in [-0.2, -0.15) is 0 Å². The van der Waals surface area contributed by atoms with Crippen LogP contribution in [0.3, 0.4) is 0 Å². The van der Waals surface area contributed by atoms with Crippen LogP contribution >= 0.6 is 27.3 Å². The number of hydrogen-bond donors (Lipinski definition) is 1. The van der Waals surface area contributed by atoms with Crippen molar-refractivity contribution < 1.29 is 4.39 Å². The molecule has 0 amide bonds. The van der Waals surface area contributed by atoms with Crippen LogP contribution in [0.15, 0.2) is 28.9 Å². The molecular formula is C12H12BrFN2S. The standard InChI is InChI=1S/C12H12BrFN2S/c1-7-16-6-12(17-7)11(15)5-8-2-3-10(14)9(13)4-8/h2-4,6,11H,5,15H2,1H3. The van der Waals surface area contributed by atoms with E-state index in [4.69, 9.17) is 5.73 Å². The van der Waals surface area contributed by atoms with E-state index >= 15 is 0 Å². The van der Waals surface area contributed by atoms with E-state index in [0.29, 0.717) is 10.9 Å². The largest absolute Gasteiger partial charge is 0.323 e. The van der Waals surface area contributed by atoms with Crippen molar-refractivity contribution in [1.29, 1.82) is 0 Å². The van der Waals surface area contributed by atoms with Crippen molar-refractivity contribution in [1.82, 2.24) is 4.98 Å². The monoisotopic (exact) mass is 314 g/mol. The Balaban J connectivity index is 2.12. The Hall–Kier alpha value is -0.780. The average Bonchev–Trinajstić information content (AvgIpc) is 2.70. The first-order chi connectivity index (χ1) is 8.06. The second kappa shape index (κ2) is 5.25. The van der Waals surface area contributed by atoms with Crippen molar-refractivity contribution in [2.75, 3.05) is 0 Å². The van der Waals surface area contributed by atoms with Gasteiger partial charge in [-0.05, 0) is 47.0 Å². The molecule has 2 rings (SSSR count). The lowest BCUT2D eigenvalue weighted by atomic mass is 10.1. The highest BCUT2D eigenvalue weighted by atomic mass is 79.9. The van der Waals surface area contributed by atoms with Gasteiger partial charge in [0.05, 0.1) is 9.48 Å². The second-order valence-corrected chi connectivity index (χ2v) is 5.96. The fourth-order valence-electron chi connectivity index (χ4n) is 1.57. The van der Waals surface area contributed by atoms with E-state index in [9.17, 15) is 4.39 Å². The fourth-order valence-corrected chi connectivity index (χ4v) is 2.78. The van der Waals surface area contributed by atoms with Gasteiger partial charge in [0.2, 0.25) is 0 Å². The van der Waals surface area contributed by atoms with Crippen molar-refractivity contribution in [3.8, 4) is 0 Å². The number of halogens is 2. The van der Waals surface area contributed by atoms with Gasteiger partial charge in [0.15, 0.2) is 0 Å². The minimum absolute atomic E-state index is 0.0847. The van der Waals surface area contributed by atoms with Crippen LogP contribution in [0.2, 0.25) is 0 Å². The number of aromatic nitrogens is 1. The predicted octanol–water partition coefficient (Wildman–Crippen LogP) is 3.60. The van der Waals surface area contributed by atoms with Crippen LogP contribution in [-0.4, -0.2) is 4.98 Å². The van der Waals surface area contributed by atoms with Crippen LogP contribution in [0.1, 0.15) is 21.5 Å². The van der Waals surface area contributed by atoms with Gasteiger partial charge >= 0.3 is 0 Å². The second-order valence-electron chi connectivity index (χ2n) is 3.84. The van der Waals surface area contributed by atoms with Gasteiger partial charge in [0, 0.05) is 17.1 Å². The van der Waals surface area contributed by atoms with E-state index in [1.54, 1.807) is 23.5 Å². The van der Waals surface area contributed by atoms with Gasteiger partial charge < -0.3 is 5.73 Å². The van der Waals surface area contributed by atoms with Gasteiger partial charge in [-0.15, -0.1) is 11.3 Å². The van der Waals surface area contributed by atoms with Crippen molar-refractivity contribution in [2.45, 2.75) is 19.4 Å². The van der Waals surface area contributed by atoms with E-state index in [-0.39, 0.29) is 11.9 Å². The molecule has 2 N–H and O–H groups in total. The SMILES string of the molecule is Cc1ncc(C(N)Cc2ccc(F)c(Br)c2)s1. The number of aryl methyl sites for hydroxylation is 1. The summed E-state index contributed by atoms with van der Waals surface area (Å²) >= 11 is 4.77. The van der Waals surface area contributed by atoms with E-state index < -0.39 is 0 Å². The number of nitrogens with zero attached hydrogens (tertiary/aromatic N) is 1. The van der Waals surface area contributed by atoms with E-state index in [1.807, 2.05) is 13.1 Å². The number of rotatable bonds is 3. The zero-order valence-corrected chi connectivity index (χ0v) is 11.7. The minimum atomic E-state index is -0.254. The third-order valence-electron chi connectivity index (χ3n) is 2.44. The molecule has 1 aromatic heterocycles. The quantitative estimate of drug-likeness (QED) is 0.940. The lowest BCUT2D eigenvalue weighted by molar-refractivity contribution is 0.619. The molecular weight excluding hydrogens is 303 g/mol.